The van der Waals surface area contributed by atoms with Gasteiger partial charge in [-0.3, -0.25) is 0 Å². The van der Waals surface area contributed by atoms with Gasteiger partial charge in [0.1, 0.15) is 0 Å². The molecule has 0 aliphatic carbocycles. The van der Waals surface area contributed by atoms with Crippen LogP contribution in [-0.4, -0.2) is 15.0 Å². The van der Waals surface area contributed by atoms with E-state index >= 15 is 0 Å². The van der Waals surface area contributed by atoms with Gasteiger partial charge in [-0.2, -0.15) is 0 Å². The molecule has 0 saturated carbocycles. The predicted molar refractivity (Wildman–Crippen MR) is 126 cm³/mol. The maximum absolute atomic E-state index is 4.82. The lowest BCUT2D eigenvalue weighted by Crippen LogP contribution is -2.00. The summed E-state index contributed by atoms with van der Waals surface area (Å²) in [4.78, 5) is 14.4. The van der Waals surface area contributed by atoms with Crippen LogP contribution in [0.1, 0.15) is 5.56 Å². The summed E-state index contributed by atoms with van der Waals surface area (Å²) in [6.45, 7) is 2.13. The first-order chi connectivity index (χ1) is 15.3. The molecular weight excluding hydrogens is 378 g/mol. The van der Waals surface area contributed by atoms with Crippen LogP contribution in [0.3, 0.4) is 0 Å². The Balaban J connectivity index is 1.64. The van der Waals surface area contributed by atoms with E-state index in [1.54, 1.807) is 0 Å². The number of rotatable bonds is 4. The predicted octanol–water partition coefficient (Wildman–Crippen LogP) is 6.85. The number of aromatic nitrogens is 3. The third kappa shape index (κ3) is 3.99. The molecule has 0 N–H and O–H groups in total. The Morgan fingerprint density at radius 1 is 0.419 bits per heavy atom. The lowest BCUT2D eigenvalue weighted by atomic mass is 9.98. The SMILES string of the molecule is Cc1cc(-c2nc(-c3ccccc3)nc(-c3ccccc3)n2)ccc1-c1ccccc1. The van der Waals surface area contributed by atoms with Gasteiger partial charge in [0.2, 0.25) is 0 Å². The molecule has 3 nitrogen and oxygen atoms in total. The van der Waals surface area contributed by atoms with Gasteiger partial charge in [-0.1, -0.05) is 103 Å². The maximum atomic E-state index is 4.82. The van der Waals surface area contributed by atoms with E-state index in [1.807, 2.05) is 66.7 Å². The smallest absolute Gasteiger partial charge is 0.164 e. The van der Waals surface area contributed by atoms with Crippen molar-refractivity contribution in [3.8, 4) is 45.3 Å². The van der Waals surface area contributed by atoms with E-state index in [0.29, 0.717) is 17.5 Å². The summed E-state index contributed by atoms with van der Waals surface area (Å²) in [7, 11) is 0. The summed E-state index contributed by atoms with van der Waals surface area (Å²) in [5.41, 5.74) is 6.53. The van der Waals surface area contributed by atoms with Gasteiger partial charge in [0, 0.05) is 16.7 Å². The van der Waals surface area contributed by atoms with Gasteiger partial charge in [0.25, 0.3) is 0 Å². The van der Waals surface area contributed by atoms with Gasteiger partial charge in [0.15, 0.2) is 17.5 Å². The summed E-state index contributed by atoms with van der Waals surface area (Å²) in [6, 6.07) is 36.9. The molecule has 0 saturated heterocycles. The fourth-order valence-electron chi connectivity index (χ4n) is 3.68. The molecule has 0 aliphatic heterocycles. The molecular formula is C28H21N3. The topological polar surface area (TPSA) is 38.7 Å². The number of benzene rings is 4. The van der Waals surface area contributed by atoms with E-state index in [9.17, 15) is 0 Å². The Kier molecular flexibility index (Phi) is 5.07. The van der Waals surface area contributed by atoms with Crippen LogP contribution in [-0.2, 0) is 0 Å². The lowest BCUT2D eigenvalue weighted by Gasteiger charge is -2.11. The molecule has 0 radical (unpaired) electrons. The van der Waals surface area contributed by atoms with Crippen LogP contribution in [0.15, 0.2) is 109 Å². The molecule has 0 aliphatic rings. The van der Waals surface area contributed by atoms with Crippen LogP contribution in [0.2, 0.25) is 0 Å². The van der Waals surface area contributed by atoms with Crippen molar-refractivity contribution in [1.82, 2.24) is 15.0 Å². The molecule has 148 valence electrons. The molecule has 0 amide bonds. The van der Waals surface area contributed by atoms with E-state index in [2.05, 4.69) is 49.4 Å². The number of nitrogens with zero attached hydrogens (tertiary/aromatic N) is 3. The van der Waals surface area contributed by atoms with E-state index in [1.165, 1.54) is 16.7 Å². The van der Waals surface area contributed by atoms with Gasteiger partial charge < -0.3 is 0 Å². The first-order valence-corrected chi connectivity index (χ1v) is 10.3. The molecule has 5 aromatic rings. The maximum Gasteiger partial charge on any atom is 0.164 e. The molecule has 3 heteroatoms. The Morgan fingerprint density at radius 2 is 0.839 bits per heavy atom. The standard InChI is InChI=1S/C28H21N3/c1-20-19-24(17-18-25(20)21-11-5-2-6-12-21)28-30-26(22-13-7-3-8-14-22)29-27(31-28)23-15-9-4-10-16-23/h2-19H,1H3. The first-order valence-electron chi connectivity index (χ1n) is 10.3. The summed E-state index contributed by atoms with van der Waals surface area (Å²) >= 11 is 0. The number of hydrogen-bond acceptors (Lipinski definition) is 3. The second-order valence-electron chi connectivity index (χ2n) is 7.43. The largest absolute Gasteiger partial charge is 0.208 e. The molecule has 4 aromatic carbocycles. The summed E-state index contributed by atoms with van der Waals surface area (Å²) in [6.07, 6.45) is 0. The van der Waals surface area contributed by atoms with Crippen molar-refractivity contribution < 1.29 is 0 Å². The molecule has 0 atom stereocenters. The monoisotopic (exact) mass is 399 g/mol. The highest BCUT2D eigenvalue weighted by atomic mass is 15.0. The normalized spacial score (nSPS) is 10.7. The lowest BCUT2D eigenvalue weighted by molar-refractivity contribution is 1.07. The average molecular weight is 399 g/mol. The van der Waals surface area contributed by atoms with Crippen molar-refractivity contribution >= 4 is 0 Å². The third-order valence-electron chi connectivity index (χ3n) is 5.27. The molecule has 1 aromatic heterocycles. The van der Waals surface area contributed by atoms with Crippen molar-refractivity contribution in [3.63, 3.8) is 0 Å². The number of aryl methyl sites for hydroxylation is 1. The van der Waals surface area contributed by atoms with Crippen LogP contribution < -0.4 is 0 Å². The highest BCUT2D eigenvalue weighted by Crippen LogP contribution is 2.29. The van der Waals surface area contributed by atoms with Crippen molar-refractivity contribution in [3.05, 3.63) is 115 Å². The fraction of sp³-hybridized carbons (Fsp3) is 0.0357. The Hall–Kier alpha value is -4.11. The van der Waals surface area contributed by atoms with Gasteiger partial charge in [0.05, 0.1) is 0 Å². The number of hydrogen-bond donors (Lipinski definition) is 0. The Bertz CT molecular complexity index is 1260. The first kappa shape index (κ1) is 18.9. The zero-order chi connectivity index (χ0) is 21.0. The minimum Gasteiger partial charge on any atom is -0.208 e. The fourth-order valence-corrected chi connectivity index (χ4v) is 3.68. The third-order valence-corrected chi connectivity index (χ3v) is 5.27. The van der Waals surface area contributed by atoms with E-state index in [4.69, 9.17) is 15.0 Å². The van der Waals surface area contributed by atoms with Crippen LogP contribution >= 0.6 is 0 Å². The quantitative estimate of drug-likeness (QED) is 0.332. The molecule has 0 unspecified atom stereocenters. The summed E-state index contributed by atoms with van der Waals surface area (Å²) in [5, 5.41) is 0. The van der Waals surface area contributed by atoms with Crippen LogP contribution in [0, 0.1) is 6.92 Å². The molecule has 1 heterocycles. The van der Waals surface area contributed by atoms with Crippen LogP contribution in [0.25, 0.3) is 45.3 Å². The highest BCUT2D eigenvalue weighted by Gasteiger charge is 2.13. The molecule has 0 spiro atoms. The zero-order valence-electron chi connectivity index (χ0n) is 17.2. The molecule has 0 fully saturated rings. The van der Waals surface area contributed by atoms with Crippen LogP contribution in [0.5, 0.6) is 0 Å². The van der Waals surface area contributed by atoms with Gasteiger partial charge in [-0.05, 0) is 29.7 Å². The zero-order valence-corrected chi connectivity index (χ0v) is 17.2. The van der Waals surface area contributed by atoms with Gasteiger partial charge in [-0.25, -0.2) is 15.0 Å². The van der Waals surface area contributed by atoms with E-state index < -0.39 is 0 Å². The summed E-state index contributed by atoms with van der Waals surface area (Å²) in [5.74, 6) is 2.03. The highest BCUT2D eigenvalue weighted by molar-refractivity contribution is 5.73. The summed E-state index contributed by atoms with van der Waals surface area (Å²) < 4.78 is 0. The van der Waals surface area contributed by atoms with Crippen molar-refractivity contribution in [1.29, 1.82) is 0 Å². The molecule has 5 rings (SSSR count). The van der Waals surface area contributed by atoms with E-state index in [0.717, 1.165) is 16.7 Å². The van der Waals surface area contributed by atoms with Crippen molar-refractivity contribution in [2.24, 2.45) is 0 Å². The molecule has 0 bridgehead atoms. The second-order valence-corrected chi connectivity index (χ2v) is 7.43. The average Bonchev–Trinajstić information content (AvgIpc) is 2.85. The van der Waals surface area contributed by atoms with Crippen molar-refractivity contribution in [2.75, 3.05) is 0 Å². The van der Waals surface area contributed by atoms with Crippen molar-refractivity contribution in [2.45, 2.75) is 6.92 Å². The Labute approximate surface area is 182 Å². The minimum absolute atomic E-state index is 0.675. The van der Waals surface area contributed by atoms with E-state index in [-0.39, 0.29) is 0 Å². The van der Waals surface area contributed by atoms with Gasteiger partial charge in [-0.15, -0.1) is 0 Å². The molecule has 31 heavy (non-hydrogen) atoms. The minimum atomic E-state index is 0.675. The second kappa shape index (κ2) is 8.33. The van der Waals surface area contributed by atoms with Gasteiger partial charge >= 0.3 is 0 Å². The Morgan fingerprint density at radius 3 is 1.29 bits per heavy atom. The van der Waals surface area contributed by atoms with Crippen LogP contribution in [0.4, 0.5) is 0 Å².